The third kappa shape index (κ3) is 11.7. The van der Waals surface area contributed by atoms with Gasteiger partial charge in [0.2, 0.25) is 0 Å². The highest BCUT2D eigenvalue weighted by atomic mass is 35.5. The van der Waals surface area contributed by atoms with E-state index in [9.17, 15) is 23.8 Å². The predicted octanol–water partition coefficient (Wildman–Crippen LogP) is 11.5. The van der Waals surface area contributed by atoms with Gasteiger partial charge >= 0.3 is 0 Å². The number of aromatic nitrogens is 4. The first-order chi connectivity index (χ1) is 27.4. The molecule has 0 saturated carbocycles. The van der Waals surface area contributed by atoms with Crippen molar-refractivity contribution in [3.05, 3.63) is 188 Å². The van der Waals surface area contributed by atoms with E-state index >= 15 is 0 Å². The highest BCUT2D eigenvalue weighted by Crippen LogP contribution is 2.38. The van der Waals surface area contributed by atoms with Crippen LogP contribution >= 0.6 is 46.4 Å². The summed E-state index contributed by atoms with van der Waals surface area (Å²) in [5.41, 5.74) is 8.17. The van der Waals surface area contributed by atoms with Crippen LogP contribution in [0.1, 0.15) is 27.5 Å². The van der Waals surface area contributed by atoms with Crippen molar-refractivity contribution < 1.29 is 23.8 Å². The number of phenols is 2. The molecule has 4 heterocycles. The SMILES string of the molecule is Nc1ccc(F)cn1.O=Cc1ccc(Cl)c(Cl)c1.Oc1c(C(Nc2ccc(F)cn2)c2ccc(Cl)c(Cl)c2)ccc2cccnc12.Oc1cccc2cccnc12. The van der Waals surface area contributed by atoms with E-state index in [4.69, 9.17) is 52.1 Å². The normalized spacial score (nSPS) is 10.8. The summed E-state index contributed by atoms with van der Waals surface area (Å²) in [4.78, 5) is 26.0. The van der Waals surface area contributed by atoms with Crippen LogP contribution in [0.5, 0.6) is 11.5 Å². The van der Waals surface area contributed by atoms with Gasteiger partial charge < -0.3 is 21.3 Å². The van der Waals surface area contributed by atoms with Crippen LogP contribution in [-0.2, 0) is 0 Å². The second kappa shape index (κ2) is 20.2. The number of carbonyl (C=O) groups is 1. The molecule has 0 spiro atoms. The number of hydrogen-bond donors (Lipinski definition) is 4. The van der Waals surface area contributed by atoms with Crippen LogP contribution in [0.2, 0.25) is 20.1 Å². The molecule has 0 amide bonds. The van der Waals surface area contributed by atoms with E-state index in [-0.39, 0.29) is 17.3 Å². The summed E-state index contributed by atoms with van der Waals surface area (Å²) in [5.74, 6) is 0.268. The van der Waals surface area contributed by atoms with Gasteiger partial charge in [-0.15, -0.1) is 0 Å². The Labute approximate surface area is 345 Å². The molecule has 4 aromatic carbocycles. The Morgan fingerprint density at radius 1 is 0.632 bits per heavy atom. The maximum atomic E-state index is 13.2. The molecule has 0 aliphatic rings. The highest BCUT2D eigenvalue weighted by Gasteiger charge is 2.21. The van der Waals surface area contributed by atoms with E-state index in [2.05, 4.69) is 25.3 Å². The maximum absolute atomic E-state index is 13.2. The summed E-state index contributed by atoms with van der Waals surface area (Å²) in [7, 11) is 0. The smallest absolute Gasteiger partial charge is 0.150 e. The lowest BCUT2D eigenvalue weighted by Gasteiger charge is -2.22. The Balaban J connectivity index is 0.000000173. The number of aldehydes is 1. The first kappa shape index (κ1) is 42.0. The van der Waals surface area contributed by atoms with E-state index in [1.807, 2.05) is 36.4 Å². The Hall–Kier alpha value is -6.11. The average Bonchev–Trinajstić information content (AvgIpc) is 3.22. The van der Waals surface area contributed by atoms with Crippen LogP contribution in [0.4, 0.5) is 20.4 Å². The van der Waals surface area contributed by atoms with E-state index in [0.29, 0.717) is 53.9 Å². The Morgan fingerprint density at radius 3 is 1.82 bits per heavy atom. The number of rotatable bonds is 5. The van der Waals surface area contributed by atoms with Gasteiger partial charge in [0, 0.05) is 34.3 Å². The highest BCUT2D eigenvalue weighted by molar-refractivity contribution is 6.42. The first-order valence-corrected chi connectivity index (χ1v) is 18.1. The van der Waals surface area contributed by atoms with Gasteiger partial charge in [0.05, 0.1) is 38.5 Å². The molecule has 288 valence electrons. The van der Waals surface area contributed by atoms with Crippen LogP contribution in [0.15, 0.2) is 140 Å². The van der Waals surface area contributed by atoms with Crippen LogP contribution in [0, 0.1) is 11.6 Å². The van der Waals surface area contributed by atoms with Gasteiger partial charge in [-0.2, -0.15) is 0 Å². The van der Waals surface area contributed by atoms with Crippen molar-refractivity contribution in [2.75, 3.05) is 11.1 Å². The van der Waals surface area contributed by atoms with Crippen molar-refractivity contribution in [1.29, 1.82) is 0 Å². The van der Waals surface area contributed by atoms with Gasteiger partial charge in [0.25, 0.3) is 0 Å². The number of aromatic hydroxyl groups is 2. The number of nitrogens with zero attached hydrogens (tertiary/aromatic N) is 4. The monoisotopic (exact) mass is 844 g/mol. The lowest BCUT2D eigenvalue weighted by Crippen LogP contribution is -2.14. The molecule has 9 nitrogen and oxygen atoms in total. The summed E-state index contributed by atoms with van der Waals surface area (Å²) in [6, 6.07) is 31.4. The molecule has 4 aromatic heterocycles. The van der Waals surface area contributed by atoms with E-state index in [0.717, 1.165) is 35.0 Å². The zero-order valence-electron chi connectivity index (χ0n) is 29.4. The first-order valence-electron chi connectivity index (χ1n) is 16.6. The number of nitrogens with one attached hydrogen (secondary N) is 1. The van der Waals surface area contributed by atoms with Crippen molar-refractivity contribution in [3.63, 3.8) is 0 Å². The van der Waals surface area contributed by atoms with Crippen molar-refractivity contribution in [2.24, 2.45) is 0 Å². The average molecular weight is 847 g/mol. The number of anilines is 2. The molecule has 0 aliphatic heterocycles. The van der Waals surface area contributed by atoms with Gasteiger partial charge in [-0.3, -0.25) is 14.8 Å². The number of fused-ring (bicyclic) bond motifs is 2. The molecule has 1 atom stereocenters. The van der Waals surface area contributed by atoms with Crippen LogP contribution in [0.3, 0.4) is 0 Å². The molecular formula is C42H30Cl4F2N6O3. The minimum Gasteiger partial charge on any atom is -0.506 e. The third-order valence-corrected chi connectivity index (χ3v) is 9.31. The van der Waals surface area contributed by atoms with Crippen molar-refractivity contribution in [3.8, 4) is 11.5 Å². The number of para-hydroxylation sites is 1. The summed E-state index contributed by atoms with van der Waals surface area (Å²) in [5, 5.41) is 26.9. The fraction of sp³-hybridized carbons (Fsp3) is 0.0238. The zero-order valence-corrected chi connectivity index (χ0v) is 32.4. The molecule has 0 fully saturated rings. The Morgan fingerprint density at radius 2 is 1.25 bits per heavy atom. The molecule has 0 aliphatic carbocycles. The number of phenolic OH excluding ortho intramolecular Hbond substituents is 2. The minimum absolute atomic E-state index is 0.0452. The summed E-state index contributed by atoms with van der Waals surface area (Å²) < 4.78 is 25.2. The standard InChI is InChI=1S/C21H14Cl2FN3O.C9H7NO.C7H4Cl2O.C5H5FN2/c22-16-7-4-13(10-17(16)23)19(27-18-8-5-14(24)11-26-18)15-6-3-12-2-1-9-25-20(12)21(15)28;11-8-5-1-3-7-4-2-6-10-9(7)8;8-6-2-1-5(4-10)3-7(6)9;6-4-1-2-5(7)8-3-4/h1-11,19,28H,(H,26,27);1-6,11H;1-4H;1-3H,(H2,7,8). The second-order valence-corrected chi connectivity index (χ2v) is 13.4. The second-order valence-electron chi connectivity index (χ2n) is 11.7. The van der Waals surface area contributed by atoms with Crippen molar-refractivity contribution >= 4 is 86.1 Å². The molecule has 8 rings (SSSR count). The summed E-state index contributed by atoms with van der Waals surface area (Å²) >= 11 is 23.4. The molecule has 15 heteroatoms. The zero-order chi connectivity index (χ0) is 40.9. The predicted molar refractivity (Wildman–Crippen MR) is 223 cm³/mol. The van der Waals surface area contributed by atoms with E-state index in [1.54, 1.807) is 60.9 Å². The quantitative estimate of drug-likeness (QED) is 0.124. The largest absolute Gasteiger partial charge is 0.506 e. The molecule has 5 N–H and O–H groups in total. The number of carbonyl (C=O) groups excluding carboxylic acids is 1. The van der Waals surface area contributed by atoms with Crippen LogP contribution in [-0.4, -0.2) is 36.4 Å². The van der Waals surface area contributed by atoms with E-state index < -0.39 is 11.9 Å². The minimum atomic E-state index is -0.515. The van der Waals surface area contributed by atoms with Gasteiger partial charge in [-0.1, -0.05) is 94.9 Å². The van der Waals surface area contributed by atoms with Gasteiger partial charge in [-0.05, 0) is 72.3 Å². The number of halogens is 6. The molecule has 1 unspecified atom stereocenters. The molecule has 8 aromatic rings. The number of benzene rings is 4. The molecule has 0 radical (unpaired) electrons. The Kier molecular flexibility index (Phi) is 14.9. The summed E-state index contributed by atoms with van der Waals surface area (Å²) in [6.45, 7) is 0. The van der Waals surface area contributed by atoms with Gasteiger partial charge in [-0.25, -0.2) is 18.7 Å². The molecule has 0 saturated heterocycles. The fourth-order valence-electron chi connectivity index (χ4n) is 5.08. The number of pyridine rings is 4. The molecular weight excluding hydrogens is 816 g/mol. The van der Waals surface area contributed by atoms with Crippen LogP contribution < -0.4 is 11.1 Å². The molecule has 0 bridgehead atoms. The summed E-state index contributed by atoms with van der Waals surface area (Å²) in [6.07, 6.45) is 6.21. The van der Waals surface area contributed by atoms with Gasteiger partial charge in [0.15, 0.2) is 0 Å². The number of nitrogens with two attached hydrogens (primary N) is 1. The Bertz CT molecular complexity index is 2580. The number of nitrogen functional groups attached to an aromatic ring is 1. The van der Waals surface area contributed by atoms with Crippen molar-refractivity contribution in [2.45, 2.75) is 6.04 Å². The van der Waals surface area contributed by atoms with Crippen molar-refractivity contribution in [1.82, 2.24) is 19.9 Å². The van der Waals surface area contributed by atoms with E-state index in [1.165, 1.54) is 30.3 Å². The maximum Gasteiger partial charge on any atom is 0.150 e. The lowest BCUT2D eigenvalue weighted by molar-refractivity contribution is 0.112. The fourth-order valence-corrected chi connectivity index (χ4v) is 5.69. The third-order valence-electron chi connectivity index (χ3n) is 7.83. The van der Waals surface area contributed by atoms with Gasteiger partial charge in [0.1, 0.15) is 52.1 Å². The number of hydrogen-bond acceptors (Lipinski definition) is 9. The lowest BCUT2D eigenvalue weighted by atomic mass is 9.96. The van der Waals surface area contributed by atoms with Crippen LogP contribution in [0.25, 0.3) is 21.8 Å². The molecule has 57 heavy (non-hydrogen) atoms. The topological polar surface area (TPSA) is 147 Å².